The highest BCUT2D eigenvalue weighted by Gasteiger charge is 2.32. The van der Waals surface area contributed by atoms with Gasteiger partial charge < -0.3 is 10.1 Å². The number of hydrogen-bond acceptors (Lipinski definition) is 3. The number of amides is 1. The van der Waals surface area contributed by atoms with Crippen molar-refractivity contribution in [1.82, 2.24) is 10.2 Å². The van der Waals surface area contributed by atoms with Gasteiger partial charge in [0.15, 0.2) is 0 Å². The van der Waals surface area contributed by atoms with Gasteiger partial charge in [0.25, 0.3) is 0 Å². The molecule has 0 saturated carbocycles. The Morgan fingerprint density at radius 1 is 1.24 bits per heavy atom. The molecule has 21 heavy (non-hydrogen) atoms. The fourth-order valence-corrected chi connectivity index (χ4v) is 2.97. The van der Waals surface area contributed by atoms with Crippen LogP contribution >= 0.6 is 0 Å². The summed E-state index contributed by atoms with van der Waals surface area (Å²) < 4.78 is 42.0. The second-order valence-corrected chi connectivity index (χ2v) is 5.97. The predicted molar refractivity (Wildman–Crippen MR) is 71.8 cm³/mol. The first-order valence-corrected chi connectivity index (χ1v) is 7.58. The van der Waals surface area contributed by atoms with Crippen molar-refractivity contribution in [3.63, 3.8) is 0 Å². The summed E-state index contributed by atoms with van der Waals surface area (Å²) in [4.78, 5) is 13.2. The number of piperidine rings is 1. The van der Waals surface area contributed by atoms with Gasteiger partial charge in [0.1, 0.15) is 0 Å². The van der Waals surface area contributed by atoms with Crippen molar-refractivity contribution in [3.8, 4) is 0 Å². The summed E-state index contributed by atoms with van der Waals surface area (Å²) >= 11 is 0. The number of rotatable bonds is 5. The molecule has 2 rings (SSSR count). The normalized spacial score (nSPS) is 25.2. The largest absolute Gasteiger partial charge is 0.401 e. The van der Waals surface area contributed by atoms with Crippen molar-refractivity contribution in [1.29, 1.82) is 0 Å². The molecule has 0 aromatic rings. The van der Waals surface area contributed by atoms with Crippen molar-refractivity contribution in [3.05, 3.63) is 0 Å². The minimum Gasteiger partial charge on any atom is -0.381 e. The van der Waals surface area contributed by atoms with E-state index in [1.54, 1.807) is 0 Å². The highest BCUT2D eigenvalue weighted by atomic mass is 19.4. The van der Waals surface area contributed by atoms with Crippen LogP contribution in [-0.2, 0) is 9.53 Å². The van der Waals surface area contributed by atoms with Gasteiger partial charge in [0, 0.05) is 13.2 Å². The third-order valence-corrected chi connectivity index (χ3v) is 4.26. The van der Waals surface area contributed by atoms with E-state index in [2.05, 4.69) is 5.32 Å². The van der Waals surface area contributed by atoms with E-state index < -0.39 is 12.7 Å². The number of alkyl halides is 3. The molecule has 2 saturated heterocycles. The number of carbonyl (C=O) groups excluding carboxylic acids is 1. The first-order chi connectivity index (χ1) is 9.94. The van der Waals surface area contributed by atoms with Gasteiger partial charge in [-0.15, -0.1) is 0 Å². The summed E-state index contributed by atoms with van der Waals surface area (Å²) in [5.41, 5.74) is 0. The lowest BCUT2D eigenvalue weighted by Crippen LogP contribution is -2.40. The van der Waals surface area contributed by atoms with Crippen LogP contribution in [0, 0.1) is 11.8 Å². The quantitative estimate of drug-likeness (QED) is 0.842. The highest BCUT2D eigenvalue weighted by Crippen LogP contribution is 2.24. The Balaban J connectivity index is 1.57. The van der Waals surface area contributed by atoms with Crippen LogP contribution < -0.4 is 5.32 Å². The maximum atomic E-state index is 12.3. The monoisotopic (exact) mass is 308 g/mol. The molecule has 2 aliphatic rings. The number of hydrogen-bond donors (Lipinski definition) is 1. The van der Waals surface area contributed by atoms with Gasteiger partial charge in [-0.05, 0) is 44.7 Å². The molecule has 0 spiro atoms. The van der Waals surface area contributed by atoms with E-state index in [1.165, 1.54) is 4.90 Å². The first kappa shape index (κ1) is 16.5. The molecule has 0 aromatic carbocycles. The molecule has 1 amide bonds. The van der Waals surface area contributed by atoms with E-state index in [0.717, 1.165) is 25.7 Å². The molecule has 0 radical (unpaired) electrons. The number of halogens is 3. The summed E-state index contributed by atoms with van der Waals surface area (Å²) in [6.45, 7) is 1.94. The van der Waals surface area contributed by atoms with Crippen LogP contribution in [0.5, 0.6) is 0 Å². The minimum atomic E-state index is -4.11. The maximum Gasteiger partial charge on any atom is 0.401 e. The second-order valence-electron chi connectivity index (χ2n) is 5.97. The molecule has 1 unspecified atom stereocenters. The van der Waals surface area contributed by atoms with Crippen LogP contribution in [0.3, 0.4) is 0 Å². The Hall–Kier alpha value is -0.820. The van der Waals surface area contributed by atoms with Crippen LogP contribution in [0.4, 0.5) is 13.2 Å². The Morgan fingerprint density at radius 2 is 1.95 bits per heavy atom. The zero-order valence-corrected chi connectivity index (χ0v) is 12.1. The molecule has 1 atom stereocenters. The van der Waals surface area contributed by atoms with Crippen molar-refractivity contribution in [2.24, 2.45) is 11.8 Å². The van der Waals surface area contributed by atoms with E-state index in [4.69, 9.17) is 4.74 Å². The van der Waals surface area contributed by atoms with Crippen LogP contribution in [-0.4, -0.2) is 56.4 Å². The van der Waals surface area contributed by atoms with Crippen LogP contribution in [0.15, 0.2) is 0 Å². The van der Waals surface area contributed by atoms with E-state index in [9.17, 15) is 18.0 Å². The maximum absolute atomic E-state index is 12.3. The van der Waals surface area contributed by atoms with Crippen molar-refractivity contribution >= 4 is 5.91 Å². The number of nitrogens with zero attached hydrogens (tertiary/aromatic N) is 1. The number of ether oxygens (including phenoxy) is 1. The van der Waals surface area contributed by atoms with Gasteiger partial charge in [-0.1, -0.05) is 0 Å². The molecule has 2 heterocycles. The summed E-state index contributed by atoms with van der Waals surface area (Å²) in [6, 6.07) is 0. The molecule has 1 N–H and O–H groups in total. The van der Waals surface area contributed by atoms with Crippen LogP contribution in [0.2, 0.25) is 0 Å². The first-order valence-electron chi connectivity index (χ1n) is 7.58. The lowest BCUT2D eigenvalue weighted by Gasteiger charge is -2.32. The molecule has 7 heteroatoms. The smallest absolute Gasteiger partial charge is 0.381 e. The number of nitrogens with one attached hydrogen (secondary N) is 1. The zero-order chi connectivity index (χ0) is 15.3. The van der Waals surface area contributed by atoms with Crippen molar-refractivity contribution in [2.75, 3.05) is 39.4 Å². The Morgan fingerprint density at radius 3 is 2.52 bits per heavy atom. The number of likely N-dealkylation sites (tertiary alicyclic amines) is 1. The van der Waals surface area contributed by atoms with Gasteiger partial charge >= 0.3 is 6.18 Å². The second kappa shape index (κ2) is 7.45. The Labute approximate surface area is 123 Å². The lowest BCUT2D eigenvalue weighted by molar-refractivity contribution is -0.148. The van der Waals surface area contributed by atoms with Gasteiger partial charge in [-0.2, -0.15) is 13.2 Å². The standard InChI is InChI=1S/C14H23F3N2O2/c15-14(16,17)10-19-6-2-11(3-7-19)1-5-18-13(20)12-4-8-21-9-12/h11-12H,1-10H2,(H,18,20). The third kappa shape index (κ3) is 5.82. The molecule has 0 bridgehead atoms. The van der Waals surface area contributed by atoms with Crippen LogP contribution in [0.25, 0.3) is 0 Å². The number of carbonyl (C=O) groups is 1. The third-order valence-electron chi connectivity index (χ3n) is 4.26. The van der Waals surface area contributed by atoms with Crippen molar-refractivity contribution < 1.29 is 22.7 Å². The van der Waals surface area contributed by atoms with Gasteiger partial charge in [-0.3, -0.25) is 9.69 Å². The summed E-state index contributed by atoms with van der Waals surface area (Å²) in [6.07, 6.45) is -0.929. The molecular weight excluding hydrogens is 285 g/mol. The Bertz CT molecular complexity index is 336. The van der Waals surface area contributed by atoms with Gasteiger partial charge in [-0.25, -0.2) is 0 Å². The molecule has 122 valence electrons. The average Bonchev–Trinajstić information content (AvgIpc) is 2.93. The fourth-order valence-electron chi connectivity index (χ4n) is 2.97. The van der Waals surface area contributed by atoms with E-state index in [-0.39, 0.29) is 11.8 Å². The van der Waals surface area contributed by atoms with Gasteiger partial charge in [0.2, 0.25) is 5.91 Å². The average molecular weight is 308 g/mol. The van der Waals surface area contributed by atoms with Crippen LogP contribution in [0.1, 0.15) is 25.7 Å². The fraction of sp³-hybridized carbons (Fsp3) is 0.929. The molecule has 2 aliphatic heterocycles. The summed E-state index contributed by atoms with van der Waals surface area (Å²) in [5, 5.41) is 2.91. The predicted octanol–water partition coefficient (Wildman–Crippen LogP) is 1.80. The van der Waals surface area contributed by atoms with E-state index >= 15 is 0 Å². The molecule has 0 aromatic heterocycles. The summed E-state index contributed by atoms with van der Waals surface area (Å²) in [7, 11) is 0. The highest BCUT2D eigenvalue weighted by molar-refractivity contribution is 5.78. The molecule has 4 nitrogen and oxygen atoms in total. The topological polar surface area (TPSA) is 41.6 Å². The lowest BCUT2D eigenvalue weighted by atomic mass is 9.93. The van der Waals surface area contributed by atoms with Gasteiger partial charge in [0.05, 0.1) is 19.1 Å². The van der Waals surface area contributed by atoms with Crippen molar-refractivity contribution in [2.45, 2.75) is 31.9 Å². The van der Waals surface area contributed by atoms with E-state index in [1.807, 2.05) is 0 Å². The minimum absolute atomic E-state index is 0.0290. The Kier molecular flexibility index (Phi) is 5.87. The SMILES string of the molecule is O=C(NCCC1CCN(CC(F)(F)F)CC1)C1CCOC1. The molecule has 2 fully saturated rings. The summed E-state index contributed by atoms with van der Waals surface area (Å²) in [5.74, 6) is 0.426. The molecule has 0 aliphatic carbocycles. The van der Waals surface area contributed by atoms with E-state index in [0.29, 0.717) is 38.8 Å². The molecular formula is C14H23F3N2O2. The zero-order valence-electron chi connectivity index (χ0n) is 12.1.